The average Bonchev–Trinajstić information content (AvgIpc) is 2.95. The second kappa shape index (κ2) is 9.91. The van der Waals surface area contributed by atoms with E-state index < -0.39 is 12.1 Å². The normalized spacial score (nSPS) is 10.5. The third-order valence-corrected chi connectivity index (χ3v) is 4.93. The highest BCUT2D eigenvalue weighted by atomic mass is 32.1. The maximum atomic E-state index is 11.3. The molecule has 0 bridgehead atoms. The van der Waals surface area contributed by atoms with E-state index in [0.29, 0.717) is 25.2 Å². The van der Waals surface area contributed by atoms with Crippen molar-refractivity contribution in [3.63, 3.8) is 0 Å². The minimum Gasteiger partial charge on any atom is -0.493 e. The monoisotopic (exact) mass is 392 g/mol. The van der Waals surface area contributed by atoms with Gasteiger partial charge in [-0.3, -0.25) is 4.79 Å². The lowest BCUT2D eigenvalue weighted by atomic mass is 10.0. The molecule has 1 amide bonds. The number of rotatable bonds is 9. The molecule has 8 heteroatoms. The number of carbonyl (C=O) groups is 2. The minimum absolute atomic E-state index is 0.0217. The lowest BCUT2D eigenvalue weighted by molar-refractivity contribution is -0.136. The number of alkyl carbamates (subject to hydrolysis) is 1. The molecular formula is C19H24N2O5S. The predicted molar refractivity (Wildman–Crippen MR) is 102 cm³/mol. The Morgan fingerprint density at radius 1 is 1.22 bits per heavy atom. The smallest absolute Gasteiger partial charge is 0.407 e. The summed E-state index contributed by atoms with van der Waals surface area (Å²) in [6, 6.07) is 5.48. The van der Waals surface area contributed by atoms with Gasteiger partial charge in [0.1, 0.15) is 5.75 Å². The summed E-state index contributed by atoms with van der Waals surface area (Å²) in [6.07, 6.45) is 0.575. The number of hydrogen-bond acceptors (Lipinski definition) is 6. The van der Waals surface area contributed by atoms with Crippen LogP contribution in [0.25, 0.3) is 0 Å². The van der Waals surface area contributed by atoms with Gasteiger partial charge < -0.3 is 19.9 Å². The van der Waals surface area contributed by atoms with Gasteiger partial charge in [0.05, 0.1) is 24.4 Å². The highest BCUT2D eigenvalue weighted by molar-refractivity contribution is 7.11. The molecule has 0 fully saturated rings. The van der Waals surface area contributed by atoms with Crippen molar-refractivity contribution in [3.8, 4) is 5.75 Å². The summed E-state index contributed by atoms with van der Waals surface area (Å²) in [6.45, 7) is 4.76. The molecule has 0 unspecified atom stereocenters. The Balaban J connectivity index is 2.03. The number of methoxy groups -OCH3 is 1. The third-order valence-electron chi connectivity index (χ3n) is 4.00. The van der Waals surface area contributed by atoms with E-state index in [9.17, 15) is 9.59 Å². The Labute approximate surface area is 162 Å². The number of nitrogens with zero attached hydrogens (tertiary/aromatic N) is 1. The molecule has 0 aliphatic rings. The number of aryl methyl sites for hydroxylation is 3. The summed E-state index contributed by atoms with van der Waals surface area (Å²) in [7, 11) is 1.29. The zero-order valence-electron chi connectivity index (χ0n) is 15.7. The Hall–Kier alpha value is -2.61. The molecule has 0 aliphatic carbocycles. The summed E-state index contributed by atoms with van der Waals surface area (Å²) >= 11 is 1.67. The van der Waals surface area contributed by atoms with Gasteiger partial charge in [-0.05, 0) is 43.5 Å². The minimum atomic E-state index is -0.865. The van der Waals surface area contributed by atoms with E-state index >= 15 is 0 Å². The van der Waals surface area contributed by atoms with Gasteiger partial charge in [-0.2, -0.15) is 0 Å². The zero-order chi connectivity index (χ0) is 19.8. The molecule has 1 heterocycles. The lowest BCUT2D eigenvalue weighted by Gasteiger charge is -2.13. The molecule has 146 valence electrons. The van der Waals surface area contributed by atoms with Gasteiger partial charge in [0.2, 0.25) is 0 Å². The Kier molecular flexibility index (Phi) is 7.60. The van der Waals surface area contributed by atoms with E-state index in [2.05, 4.69) is 15.0 Å². The van der Waals surface area contributed by atoms with Crippen molar-refractivity contribution in [1.29, 1.82) is 0 Å². The first kappa shape index (κ1) is 20.7. The third kappa shape index (κ3) is 6.56. The van der Waals surface area contributed by atoms with Gasteiger partial charge in [-0.1, -0.05) is 6.07 Å². The topological polar surface area (TPSA) is 97.8 Å². The summed E-state index contributed by atoms with van der Waals surface area (Å²) in [5.41, 5.74) is 2.70. The largest absolute Gasteiger partial charge is 0.493 e. The van der Waals surface area contributed by atoms with Crippen molar-refractivity contribution in [1.82, 2.24) is 10.3 Å². The van der Waals surface area contributed by atoms with Gasteiger partial charge in [0.15, 0.2) is 0 Å². The molecule has 0 spiro atoms. The van der Waals surface area contributed by atoms with Crippen molar-refractivity contribution < 1.29 is 24.2 Å². The standard InChI is InChI=1S/C19H24N2O5S/c1-12-17(21-13(2)27-12)8-9-26-16-6-4-14(5-7-18(22)23)15(10-16)11-20-19(24)25-3/h4,6,10H,5,7-9,11H2,1-3H3,(H,20,24)(H,22,23). The second-order valence-electron chi connectivity index (χ2n) is 6.00. The van der Waals surface area contributed by atoms with Gasteiger partial charge >= 0.3 is 12.1 Å². The number of amides is 1. The van der Waals surface area contributed by atoms with Crippen molar-refractivity contribution in [3.05, 3.63) is 44.9 Å². The number of aliphatic carboxylic acids is 1. The lowest BCUT2D eigenvalue weighted by Crippen LogP contribution is -2.23. The van der Waals surface area contributed by atoms with Crippen LogP contribution in [0.4, 0.5) is 4.79 Å². The molecule has 1 aromatic carbocycles. The number of hydrogen-bond donors (Lipinski definition) is 2. The molecule has 7 nitrogen and oxygen atoms in total. The fourth-order valence-corrected chi connectivity index (χ4v) is 3.52. The second-order valence-corrected chi connectivity index (χ2v) is 7.41. The van der Waals surface area contributed by atoms with Crippen LogP contribution in [-0.4, -0.2) is 35.9 Å². The van der Waals surface area contributed by atoms with Gasteiger partial charge in [0, 0.05) is 24.3 Å². The van der Waals surface area contributed by atoms with E-state index in [1.54, 1.807) is 11.3 Å². The quantitative estimate of drug-likeness (QED) is 0.680. The molecule has 0 atom stereocenters. The number of benzene rings is 1. The van der Waals surface area contributed by atoms with Crippen LogP contribution in [0.2, 0.25) is 0 Å². The summed E-state index contributed by atoms with van der Waals surface area (Å²) in [4.78, 5) is 27.9. The van der Waals surface area contributed by atoms with Crippen LogP contribution < -0.4 is 10.1 Å². The number of thiazole rings is 1. The van der Waals surface area contributed by atoms with Crippen LogP contribution in [0.5, 0.6) is 5.75 Å². The molecule has 1 aromatic heterocycles. The van der Waals surface area contributed by atoms with E-state index in [4.69, 9.17) is 9.84 Å². The van der Waals surface area contributed by atoms with Gasteiger partial charge in [-0.15, -0.1) is 11.3 Å². The van der Waals surface area contributed by atoms with E-state index in [1.807, 2.05) is 32.0 Å². The SMILES string of the molecule is COC(=O)NCc1cc(OCCc2nc(C)sc2C)ccc1CCC(=O)O. The first-order valence-electron chi connectivity index (χ1n) is 8.60. The Morgan fingerprint density at radius 3 is 2.63 bits per heavy atom. The van der Waals surface area contributed by atoms with Crippen LogP contribution in [-0.2, 0) is 28.9 Å². The number of aromatic nitrogens is 1. The maximum Gasteiger partial charge on any atom is 0.407 e. The summed E-state index contributed by atoms with van der Waals surface area (Å²) < 4.78 is 10.4. The molecule has 0 radical (unpaired) electrons. The van der Waals surface area contributed by atoms with Crippen LogP contribution in [0, 0.1) is 13.8 Å². The summed E-state index contributed by atoms with van der Waals surface area (Å²) in [5.74, 6) is -0.198. The zero-order valence-corrected chi connectivity index (χ0v) is 16.5. The fraction of sp³-hybridized carbons (Fsp3) is 0.421. The first-order valence-corrected chi connectivity index (χ1v) is 9.41. The molecule has 2 N–H and O–H groups in total. The van der Waals surface area contributed by atoms with Crippen molar-refractivity contribution in [2.75, 3.05) is 13.7 Å². The van der Waals surface area contributed by atoms with E-state index in [-0.39, 0.29) is 13.0 Å². The van der Waals surface area contributed by atoms with Crippen molar-refractivity contribution >= 4 is 23.4 Å². The number of nitrogens with one attached hydrogen (secondary N) is 1. The molecule has 0 aliphatic heterocycles. The fourth-order valence-electron chi connectivity index (χ4n) is 2.65. The average molecular weight is 392 g/mol. The van der Waals surface area contributed by atoms with Crippen LogP contribution in [0.3, 0.4) is 0 Å². The Morgan fingerprint density at radius 2 is 2.00 bits per heavy atom. The van der Waals surface area contributed by atoms with Crippen LogP contribution in [0.1, 0.15) is 33.1 Å². The van der Waals surface area contributed by atoms with Crippen LogP contribution >= 0.6 is 11.3 Å². The first-order chi connectivity index (χ1) is 12.9. The molecule has 2 rings (SSSR count). The molecule has 27 heavy (non-hydrogen) atoms. The number of ether oxygens (including phenoxy) is 2. The van der Waals surface area contributed by atoms with Gasteiger partial charge in [-0.25, -0.2) is 9.78 Å². The number of carboxylic acid groups (broad SMARTS) is 1. The number of carboxylic acids is 1. The Bertz CT molecular complexity index is 803. The van der Waals surface area contributed by atoms with Gasteiger partial charge in [0.25, 0.3) is 0 Å². The molecule has 0 saturated heterocycles. The van der Waals surface area contributed by atoms with Crippen LogP contribution in [0.15, 0.2) is 18.2 Å². The molecule has 2 aromatic rings. The highest BCUT2D eigenvalue weighted by Crippen LogP contribution is 2.21. The number of carbonyl (C=O) groups excluding carboxylic acids is 1. The van der Waals surface area contributed by atoms with E-state index in [1.165, 1.54) is 12.0 Å². The van der Waals surface area contributed by atoms with Crippen molar-refractivity contribution in [2.24, 2.45) is 0 Å². The molecular weight excluding hydrogens is 368 g/mol. The maximum absolute atomic E-state index is 11.3. The highest BCUT2D eigenvalue weighted by Gasteiger charge is 2.10. The molecule has 0 saturated carbocycles. The predicted octanol–water partition coefficient (Wildman–Crippen LogP) is 3.25. The summed E-state index contributed by atoms with van der Waals surface area (Å²) in [5, 5.41) is 12.6. The van der Waals surface area contributed by atoms with Crippen molar-refractivity contribution in [2.45, 2.75) is 39.7 Å². The van der Waals surface area contributed by atoms with E-state index in [0.717, 1.165) is 21.8 Å².